The Morgan fingerprint density at radius 1 is 0.900 bits per heavy atom. The van der Waals surface area contributed by atoms with E-state index in [-0.39, 0.29) is 31.3 Å². The molecule has 2 rings (SSSR count). The lowest BCUT2D eigenvalue weighted by molar-refractivity contribution is -0.120. The van der Waals surface area contributed by atoms with Crippen molar-refractivity contribution in [3.05, 3.63) is 65.2 Å². The molecule has 7 heteroatoms. The van der Waals surface area contributed by atoms with E-state index in [4.69, 9.17) is 4.74 Å². The van der Waals surface area contributed by atoms with Crippen molar-refractivity contribution in [2.24, 2.45) is 0 Å². The summed E-state index contributed by atoms with van der Waals surface area (Å²) in [5.74, 6) is -0.495. The van der Waals surface area contributed by atoms with Crippen molar-refractivity contribution in [2.75, 3.05) is 11.9 Å². The summed E-state index contributed by atoms with van der Waals surface area (Å²) in [4.78, 5) is 36.1. The molecule has 0 spiro atoms. The van der Waals surface area contributed by atoms with Gasteiger partial charge in [0.15, 0.2) is 0 Å². The lowest BCUT2D eigenvalue weighted by atomic mass is 10.1. The third-order valence-corrected chi connectivity index (χ3v) is 4.04. The van der Waals surface area contributed by atoms with E-state index in [0.29, 0.717) is 5.69 Å². The van der Waals surface area contributed by atoms with Crippen molar-refractivity contribution in [3.8, 4) is 0 Å². The monoisotopic (exact) mass is 411 g/mol. The van der Waals surface area contributed by atoms with Gasteiger partial charge in [0.1, 0.15) is 12.1 Å². The highest BCUT2D eigenvalue weighted by atomic mass is 16.6. The zero-order valence-electron chi connectivity index (χ0n) is 17.9. The van der Waals surface area contributed by atoms with Gasteiger partial charge in [-0.05, 0) is 44.9 Å². The van der Waals surface area contributed by atoms with E-state index in [9.17, 15) is 14.4 Å². The largest absolute Gasteiger partial charge is 0.444 e. The molecule has 0 atom stereocenters. The summed E-state index contributed by atoms with van der Waals surface area (Å²) in [6, 6.07) is 15.0. The lowest BCUT2D eigenvalue weighted by Gasteiger charge is -2.19. The molecule has 0 aliphatic rings. The predicted molar refractivity (Wildman–Crippen MR) is 116 cm³/mol. The van der Waals surface area contributed by atoms with Crippen LogP contribution in [0.15, 0.2) is 48.5 Å². The fourth-order valence-corrected chi connectivity index (χ4v) is 2.61. The fraction of sp³-hybridized carbons (Fsp3) is 0.348. The Balaban J connectivity index is 1.86. The molecule has 160 valence electrons. The molecule has 7 nitrogen and oxygen atoms in total. The van der Waals surface area contributed by atoms with Crippen molar-refractivity contribution >= 4 is 23.6 Å². The topological polar surface area (TPSA) is 96.5 Å². The number of nitrogens with one attached hydrogen (secondary N) is 3. The lowest BCUT2D eigenvalue weighted by Crippen LogP contribution is -2.37. The van der Waals surface area contributed by atoms with Gasteiger partial charge in [0.05, 0.1) is 6.42 Å². The smallest absolute Gasteiger partial charge is 0.408 e. The number of carbonyl (C=O) groups is 3. The second-order valence-electron chi connectivity index (χ2n) is 8.00. The minimum absolute atomic E-state index is 0.105. The van der Waals surface area contributed by atoms with Gasteiger partial charge in [0.2, 0.25) is 11.8 Å². The number of aryl methyl sites for hydroxylation is 1. The van der Waals surface area contributed by atoms with E-state index in [0.717, 1.165) is 16.7 Å². The minimum atomic E-state index is -0.658. The maximum atomic E-state index is 12.2. The van der Waals surface area contributed by atoms with E-state index >= 15 is 0 Å². The summed E-state index contributed by atoms with van der Waals surface area (Å²) in [5, 5.41) is 8.04. The molecule has 0 aromatic heterocycles. The van der Waals surface area contributed by atoms with Crippen molar-refractivity contribution in [1.82, 2.24) is 10.6 Å². The number of anilines is 1. The highest BCUT2D eigenvalue weighted by molar-refractivity contribution is 5.94. The van der Waals surface area contributed by atoms with Crippen molar-refractivity contribution in [1.29, 1.82) is 0 Å². The number of carbonyl (C=O) groups excluding carboxylic acids is 3. The summed E-state index contributed by atoms with van der Waals surface area (Å²) in [6.07, 6.45) is -0.372. The van der Waals surface area contributed by atoms with Crippen LogP contribution in [-0.2, 0) is 27.3 Å². The third kappa shape index (κ3) is 8.34. The normalized spacial score (nSPS) is 10.8. The molecule has 30 heavy (non-hydrogen) atoms. The van der Waals surface area contributed by atoms with Gasteiger partial charge >= 0.3 is 6.09 Å². The van der Waals surface area contributed by atoms with Gasteiger partial charge in [-0.2, -0.15) is 0 Å². The van der Waals surface area contributed by atoms with Gasteiger partial charge in [-0.1, -0.05) is 48.0 Å². The molecule has 0 bridgehead atoms. The van der Waals surface area contributed by atoms with Crippen LogP contribution < -0.4 is 16.0 Å². The summed E-state index contributed by atoms with van der Waals surface area (Å²) in [5.41, 5.74) is 2.78. The molecule has 0 saturated carbocycles. The van der Waals surface area contributed by atoms with Crippen molar-refractivity contribution < 1.29 is 19.1 Å². The average Bonchev–Trinajstić information content (AvgIpc) is 2.66. The number of rotatable bonds is 7. The SMILES string of the molecule is Cc1ccc(CC(=O)NCc2ccccc2NC(=O)CNC(=O)OC(C)(C)C)cc1. The molecule has 0 fully saturated rings. The molecule has 3 N–H and O–H groups in total. The molecule has 0 aliphatic heterocycles. The van der Waals surface area contributed by atoms with Crippen molar-refractivity contribution in [3.63, 3.8) is 0 Å². The number of benzene rings is 2. The first-order valence-corrected chi connectivity index (χ1v) is 9.79. The standard InChI is InChI=1S/C23H29N3O4/c1-16-9-11-17(12-10-16)13-20(27)24-14-18-7-5-6-8-19(18)26-21(28)15-25-22(29)30-23(2,3)4/h5-12H,13-15H2,1-4H3,(H,24,27)(H,25,29)(H,26,28). The first-order valence-electron chi connectivity index (χ1n) is 9.79. The quantitative estimate of drug-likeness (QED) is 0.651. The summed E-state index contributed by atoms with van der Waals surface area (Å²) in [6.45, 7) is 7.30. The van der Waals surface area contributed by atoms with Gasteiger partial charge < -0.3 is 20.7 Å². The molecule has 2 aromatic carbocycles. The second-order valence-corrected chi connectivity index (χ2v) is 8.00. The average molecular weight is 412 g/mol. The molecule has 2 aromatic rings. The van der Waals surface area contributed by atoms with E-state index < -0.39 is 11.7 Å². The summed E-state index contributed by atoms with van der Waals surface area (Å²) >= 11 is 0. The van der Waals surface area contributed by atoms with Crippen LogP contribution in [0.25, 0.3) is 0 Å². The highest BCUT2D eigenvalue weighted by Crippen LogP contribution is 2.15. The van der Waals surface area contributed by atoms with E-state index in [1.165, 1.54) is 0 Å². The minimum Gasteiger partial charge on any atom is -0.444 e. The second kappa shape index (κ2) is 10.4. The Bertz CT molecular complexity index is 886. The molecular formula is C23H29N3O4. The van der Waals surface area contributed by atoms with Gasteiger partial charge in [-0.25, -0.2) is 4.79 Å². The number of hydrogen-bond donors (Lipinski definition) is 3. The van der Waals surface area contributed by atoms with Crippen LogP contribution in [0.1, 0.15) is 37.5 Å². The third-order valence-electron chi connectivity index (χ3n) is 4.04. The fourth-order valence-electron chi connectivity index (χ4n) is 2.61. The first-order chi connectivity index (χ1) is 14.1. The Kier molecular flexibility index (Phi) is 7.98. The molecule has 0 heterocycles. The Morgan fingerprint density at radius 3 is 2.23 bits per heavy atom. The van der Waals surface area contributed by atoms with Gasteiger partial charge in [0.25, 0.3) is 0 Å². The first kappa shape index (κ1) is 22.9. The zero-order valence-corrected chi connectivity index (χ0v) is 17.9. The predicted octanol–water partition coefficient (Wildman–Crippen LogP) is 3.32. The Hall–Kier alpha value is -3.35. The molecular weight excluding hydrogens is 382 g/mol. The Morgan fingerprint density at radius 2 is 1.57 bits per heavy atom. The maximum absolute atomic E-state index is 12.2. The van der Waals surface area contributed by atoms with Crippen LogP contribution in [0, 0.1) is 6.92 Å². The molecule has 0 aliphatic carbocycles. The molecule has 0 saturated heterocycles. The van der Waals surface area contributed by atoms with Crippen LogP contribution >= 0.6 is 0 Å². The Labute approximate surface area is 177 Å². The number of hydrogen-bond acceptors (Lipinski definition) is 4. The van der Waals surface area contributed by atoms with Gasteiger partial charge in [-0.15, -0.1) is 0 Å². The summed E-state index contributed by atoms with van der Waals surface area (Å²) < 4.78 is 5.10. The van der Waals surface area contributed by atoms with Crippen LogP contribution in [0.5, 0.6) is 0 Å². The highest BCUT2D eigenvalue weighted by Gasteiger charge is 2.17. The van der Waals surface area contributed by atoms with Gasteiger partial charge in [-0.3, -0.25) is 9.59 Å². The molecule has 0 unspecified atom stereocenters. The van der Waals surface area contributed by atoms with E-state index in [1.54, 1.807) is 32.9 Å². The number of alkyl carbamates (subject to hydrolysis) is 1. The summed E-state index contributed by atoms with van der Waals surface area (Å²) in [7, 11) is 0. The number of ether oxygens (including phenoxy) is 1. The zero-order chi connectivity index (χ0) is 22.1. The number of amides is 3. The number of para-hydroxylation sites is 1. The molecule has 3 amide bonds. The molecule has 0 radical (unpaired) electrons. The van der Waals surface area contributed by atoms with Gasteiger partial charge in [0, 0.05) is 12.2 Å². The van der Waals surface area contributed by atoms with Crippen LogP contribution in [0.4, 0.5) is 10.5 Å². The van der Waals surface area contributed by atoms with Crippen LogP contribution in [-0.4, -0.2) is 30.1 Å². The van der Waals surface area contributed by atoms with Crippen LogP contribution in [0.2, 0.25) is 0 Å². The van der Waals surface area contributed by atoms with E-state index in [1.807, 2.05) is 43.3 Å². The van der Waals surface area contributed by atoms with Crippen LogP contribution in [0.3, 0.4) is 0 Å². The maximum Gasteiger partial charge on any atom is 0.408 e. The van der Waals surface area contributed by atoms with E-state index in [2.05, 4.69) is 16.0 Å². The van der Waals surface area contributed by atoms with Crippen molar-refractivity contribution in [2.45, 2.75) is 46.3 Å².